The number of rotatable bonds is 8. The molecule has 0 aliphatic carbocycles. The Morgan fingerprint density at radius 2 is 2.00 bits per heavy atom. The van der Waals surface area contributed by atoms with Crippen molar-refractivity contribution in [3.63, 3.8) is 0 Å². The van der Waals surface area contributed by atoms with Gasteiger partial charge in [-0.3, -0.25) is 0 Å². The van der Waals surface area contributed by atoms with Crippen molar-refractivity contribution in [2.45, 2.75) is 39.7 Å². The minimum atomic E-state index is 0.339. The largest absolute Gasteiger partial charge is 0.314 e. The SMILES string of the molecule is C=CCC[C@@H](C)NCC(C)(C)CN(C)C. The molecule has 0 spiro atoms. The van der Waals surface area contributed by atoms with Crippen molar-refractivity contribution in [1.29, 1.82) is 0 Å². The number of allylic oxidation sites excluding steroid dienone is 1. The molecule has 1 N–H and O–H groups in total. The summed E-state index contributed by atoms with van der Waals surface area (Å²) in [6.45, 7) is 12.8. The smallest absolute Gasteiger partial charge is 0.00419 e. The van der Waals surface area contributed by atoms with Crippen LogP contribution in [0.4, 0.5) is 0 Å². The molecule has 0 radical (unpaired) electrons. The van der Waals surface area contributed by atoms with Gasteiger partial charge >= 0.3 is 0 Å². The van der Waals surface area contributed by atoms with Gasteiger partial charge in [0.2, 0.25) is 0 Å². The summed E-state index contributed by atoms with van der Waals surface area (Å²) in [6, 6.07) is 0.587. The molecule has 2 nitrogen and oxygen atoms in total. The molecule has 0 rings (SSSR count). The third-order valence-corrected chi connectivity index (χ3v) is 2.48. The van der Waals surface area contributed by atoms with Gasteiger partial charge in [0.1, 0.15) is 0 Å². The molecule has 15 heavy (non-hydrogen) atoms. The Morgan fingerprint density at radius 1 is 1.40 bits per heavy atom. The van der Waals surface area contributed by atoms with Crippen molar-refractivity contribution < 1.29 is 0 Å². The van der Waals surface area contributed by atoms with E-state index in [4.69, 9.17) is 0 Å². The first-order chi connectivity index (χ1) is 6.87. The lowest BCUT2D eigenvalue weighted by Gasteiger charge is -2.30. The number of nitrogens with one attached hydrogen (secondary N) is 1. The van der Waals surface area contributed by atoms with Gasteiger partial charge in [0.05, 0.1) is 0 Å². The molecule has 0 saturated heterocycles. The van der Waals surface area contributed by atoms with E-state index in [1.807, 2.05) is 6.08 Å². The fourth-order valence-corrected chi connectivity index (χ4v) is 1.83. The standard InChI is InChI=1S/C13H28N2/c1-7-8-9-12(2)14-10-13(3,4)11-15(5)6/h7,12,14H,1,8-11H2,2-6H3/t12-/m1/s1. The monoisotopic (exact) mass is 212 g/mol. The zero-order valence-corrected chi connectivity index (χ0v) is 11.1. The molecule has 0 aliphatic rings. The molecule has 0 aromatic carbocycles. The van der Waals surface area contributed by atoms with E-state index >= 15 is 0 Å². The molecule has 90 valence electrons. The highest BCUT2D eigenvalue weighted by molar-refractivity contribution is 4.77. The lowest BCUT2D eigenvalue weighted by molar-refractivity contribution is 0.225. The minimum absolute atomic E-state index is 0.339. The Morgan fingerprint density at radius 3 is 2.47 bits per heavy atom. The second-order valence-corrected chi connectivity index (χ2v) is 5.55. The van der Waals surface area contributed by atoms with Gasteiger partial charge in [-0.25, -0.2) is 0 Å². The maximum atomic E-state index is 3.75. The van der Waals surface area contributed by atoms with Gasteiger partial charge < -0.3 is 10.2 Å². The van der Waals surface area contributed by atoms with E-state index in [9.17, 15) is 0 Å². The summed E-state index contributed by atoms with van der Waals surface area (Å²) in [5, 5.41) is 3.59. The van der Waals surface area contributed by atoms with Crippen molar-refractivity contribution in [2.24, 2.45) is 5.41 Å². The number of hydrogen-bond donors (Lipinski definition) is 1. The molecule has 0 saturated carbocycles. The Bertz CT molecular complexity index is 173. The Kier molecular flexibility index (Phi) is 6.86. The van der Waals surface area contributed by atoms with Crippen LogP contribution >= 0.6 is 0 Å². The minimum Gasteiger partial charge on any atom is -0.314 e. The van der Waals surface area contributed by atoms with Crippen molar-refractivity contribution in [1.82, 2.24) is 10.2 Å². The molecule has 0 bridgehead atoms. The third kappa shape index (κ3) is 8.64. The second-order valence-electron chi connectivity index (χ2n) is 5.55. The van der Waals surface area contributed by atoms with Gasteiger partial charge in [0.25, 0.3) is 0 Å². The highest BCUT2D eigenvalue weighted by atomic mass is 15.1. The van der Waals surface area contributed by atoms with Crippen LogP contribution in [-0.4, -0.2) is 38.1 Å². The summed E-state index contributed by atoms with van der Waals surface area (Å²) in [6.07, 6.45) is 4.27. The summed E-state index contributed by atoms with van der Waals surface area (Å²) < 4.78 is 0. The Balaban J connectivity index is 3.76. The normalized spacial score (nSPS) is 14.3. The zero-order chi connectivity index (χ0) is 11.9. The predicted octanol–water partition coefficient (Wildman–Crippen LogP) is 2.52. The molecule has 0 unspecified atom stereocenters. The summed E-state index contributed by atoms with van der Waals surface area (Å²) in [7, 11) is 4.26. The molecule has 0 aromatic heterocycles. The molecule has 0 aromatic rings. The topological polar surface area (TPSA) is 15.3 Å². The van der Waals surface area contributed by atoms with Gasteiger partial charge in [-0.1, -0.05) is 19.9 Å². The van der Waals surface area contributed by atoms with E-state index in [-0.39, 0.29) is 0 Å². The van der Waals surface area contributed by atoms with Gasteiger partial charge in [-0.2, -0.15) is 0 Å². The molecular weight excluding hydrogens is 184 g/mol. The summed E-state index contributed by atoms with van der Waals surface area (Å²) in [5.74, 6) is 0. The molecular formula is C13H28N2. The van der Waals surface area contributed by atoms with Crippen LogP contribution < -0.4 is 5.32 Å². The van der Waals surface area contributed by atoms with Crippen LogP contribution in [0.15, 0.2) is 12.7 Å². The average Bonchev–Trinajstić information content (AvgIpc) is 2.09. The van der Waals surface area contributed by atoms with Gasteiger partial charge in [-0.15, -0.1) is 6.58 Å². The third-order valence-electron chi connectivity index (χ3n) is 2.48. The Labute approximate surface area is 95.7 Å². The van der Waals surface area contributed by atoms with E-state index in [1.165, 1.54) is 6.42 Å². The summed E-state index contributed by atoms with van der Waals surface area (Å²) in [5.41, 5.74) is 0.339. The molecule has 0 heterocycles. The maximum absolute atomic E-state index is 3.75. The lowest BCUT2D eigenvalue weighted by Crippen LogP contribution is -2.40. The fraction of sp³-hybridized carbons (Fsp3) is 0.846. The lowest BCUT2D eigenvalue weighted by atomic mass is 9.92. The maximum Gasteiger partial charge on any atom is 0.00419 e. The quantitative estimate of drug-likeness (QED) is 0.622. The van der Waals surface area contributed by atoms with Crippen molar-refractivity contribution in [3.05, 3.63) is 12.7 Å². The van der Waals surface area contributed by atoms with Crippen LogP contribution in [0.25, 0.3) is 0 Å². The first-order valence-corrected chi connectivity index (χ1v) is 5.86. The van der Waals surface area contributed by atoms with E-state index in [0.29, 0.717) is 11.5 Å². The van der Waals surface area contributed by atoms with E-state index in [0.717, 1.165) is 19.5 Å². The van der Waals surface area contributed by atoms with Gasteiger partial charge in [0, 0.05) is 19.1 Å². The van der Waals surface area contributed by atoms with Crippen LogP contribution in [0, 0.1) is 5.41 Å². The van der Waals surface area contributed by atoms with Crippen molar-refractivity contribution in [3.8, 4) is 0 Å². The highest BCUT2D eigenvalue weighted by Gasteiger charge is 2.19. The first-order valence-electron chi connectivity index (χ1n) is 5.86. The number of hydrogen-bond acceptors (Lipinski definition) is 2. The fourth-order valence-electron chi connectivity index (χ4n) is 1.83. The first kappa shape index (κ1) is 14.7. The van der Waals surface area contributed by atoms with Crippen LogP contribution in [0.3, 0.4) is 0 Å². The van der Waals surface area contributed by atoms with Gasteiger partial charge in [-0.05, 0) is 39.3 Å². The van der Waals surface area contributed by atoms with Gasteiger partial charge in [0.15, 0.2) is 0 Å². The van der Waals surface area contributed by atoms with Crippen molar-refractivity contribution in [2.75, 3.05) is 27.2 Å². The van der Waals surface area contributed by atoms with Crippen LogP contribution in [0.2, 0.25) is 0 Å². The molecule has 1 atom stereocenters. The second kappa shape index (κ2) is 7.02. The van der Waals surface area contributed by atoms with Crippen LogP contribution in [0.5, 0.6) is 0 Å². The number of nitrogens with zero attached hydrogens (tertiary/aromatic N) is 1. The van der Waals surface area contributed by atoms with E-state index in [1.54, 1.807) is 0 Å². The molecule has 0 fully saturated rings. The molecule has 2 heteroatoms. The van der Waals surface area contributed by atoms with E-state index < -0.39 is 0 Å². The van der Waals surface area contributed by atoms with E-state index in [2.05, 4.69) is 51.7 Å². The molecule has 0 amide bonds. The van der Waals surface area contributed by atoms with Crippen LogP contribution in [-0.2, 0) is 0 Å². The zero-order valence-electron chi connectivity index (χ0n) is 11.1. The average molecular weight is 212 g/mol. The highest BCUT2D eigenvalue weighted by Crippen LogP contribution is 2.14. The van der Waals surface area contributed by atoms with Crippen LogP contribution in [0.1, 0.15) is 33.6 Å². The predicted molar refractivity (Wildman–Crippen MR) is 69.2 cm³/mol. The summed E-state index contributed by atoms with van der Waals surface area (Å²) >= 11 is 0. The summed E-state index contributed by atoms with van der Waals surface area (Å²) in [4.78, 5) is 2.25. The Hall–Kier alpha value is -0.340. The molecule has 0 aliphatic heterocycles. The van der Waals surface area contributed by atoms with Crippen molar-refractivity contribution >= 4 is 0 Å².